The summed E-state index contributed by atoms with van der Waals surface area (Å²) in [5.41, 5.74) is -1.60. The summed E-state index contributed by atoms with van der Waals surface area (Å²) in [5.74, 6) is -1.44. The van der Waals surface area contributed by atoms with E-state index in [1.165, 1.54) is 13.8 Å². The number of esters is 1. The molecule has 0 amide bonds. The number of carbonyl (C=O) groups is 3. The Morgan fingerprint density at radius 2 is 1.56 bits per heavy atom. The summed E-state index contributed by atoms with van der Waals surface area (Å²) >= 11 is 0. The van der Waals surface area contributed by atoms with E-state index in [1.54, 1.807) is 6.92 Å². The lowest BCUT2D eigenvalue weighted by atomic mass is 9.78. The quantitative estimate of drug-likeness (QED) is 0.513. The number of ketones is 2. The van der Waals surface area contributed by atoms with Gasteiger partial charge in [0.15, 0.2) is 17.0 Å². The van der Waals surface area contributed by atoms with Crippen LogP contribution in [-0.2, 0) is 19.1 Å². The fourth-order valence-corrected chi connectivity index (χ4v) is 1.54. The number of Topliss-reactive ketones (excluding diaryl/α,β-unsaturated/α-hetero) is 2. The molecular weight excluding hydrogens is 208 g/mol. The zero-order valence-electron chi connectivity index (χ0n) is 10.6. The van der Waals surface area contributed by atoms with Gasteiger partial charge in [0.25, 0.3) is 0 Å². The summed E-state index contributed by atoms with van der Waals surface area (Å²) in [6.07, 6.45) is 0.147. The van der Waals surface area contributed by atoms with Gasteiger partial charge in [0, 0.05) is 0 Å². The molecule has 0 atom stereocenters. The van der Waals surface area contributed by atoms with Crippen molar-refractivity contribution in [2.75, 3.05) is 6.61 Å². The first kappa shape index (κ1) is 14.8. The van der Waals surface area contributed by atoms with Crippen LogP contribution in [0, 0.1) is 11.3 Å². The van der Waals surface area contributed by atoms with Gasteiger partial charge in [0.05, 0.1) is 6.61 Å². The number of carbonyl (C=O) groups excluding carboxylic acids is 3. The second-order valence-corrected chi connectivity index (χ2v) is 4.36. The van der Waals surface area contributed by atoms with Crippen LogP contribution in [0.2, 0.25) is 0 Å². The Morgan fingerprint density at radius 3 is 1.81 bits per heavy atom. The molecule has 0 saturated carbocycles. The third-order valence-corrected chi connectivity index (χ3v) is 2.63. The number of ether oxygens (including phenoxy) is 1. The lowest BCUT2D eigenvalue weighted by molar-refractivity contribution is -0.164. The van der Waals surface area contributed by atoms with Crippen LogP contribution in [0.1, 0.15) is 41.0 Å². The molecule has 92 valence electrons. The smallest absolute Gasteiger partial charge is 0.327 e. The van der Waals surface area contributed by atoms with E-state index in [0.717, 1.165) is 0 Å². The molecule has 0 spiro atoms. The SMILES string of the molecule is CCC(C(C)=O)(C(C)=O)C(=O)OCC(C)C. The van der Waals surface area contributed by atoms with Crippen LogP contribution in [0.3, 0.4) is 0 Å². The number of hydrogen-bond donors (Lipinski definition) is 0. The number of rotatable bonds is 6. The Labute approximate surface area is 96.4 Å². The summed E-state index contributed by atoms with van der Waals surface area (Å²) in [4.78, 5) is 34.8. The Hall–Kier alpha value is -1.19. The third-order valence-electron chi connectivity index (χ3n) is 2.63. The molecule has 0 heterocycles. The Morgan fingerprint density at radius 1 is 1.12 bits per heavy atom. The fraction of sp³-hybridized carbons (Fsp3) is 0.750. The van der Waals surface area contributed by atoms with Crippen molar-refractivity contribution in [2.24, 2.45) is 11.3 Å². The molecule has 0 rings (SSSR count). The Balaban J connectivity index is 4.97. The van der Waals surface area contributed by atoms with Crippen molar-refractivity contribution in [3.63, 3.8) is 0 Å². The minimum Gasteiger partial charge on any atom is -0.464 e. The van der Waals surface area contributed by atoms with E-state index in [4.69, 9.17) is 4.74 Å². The number of hydrogen-bond acceptors (Lipinski definition) is 4. The van der Waals surface area contributed by atoms with Crippen molar-refractivity contribution >= 4 is 17.5 Å². The normalized spacial score (nSPS) is 11.4. The van der Waals surface area contributed by atoms with Crippen LogP contribution in [0.25, 0.3) is 0 Å². The molecule has 0 aliphatic rings. The topological polar surface area (TPSA) is 60.4 Å². The van der Waals surface area contributed by atoms with Gasteiger partial charge in [-0.05, 0) is 26.2 Å². The molecule has 0 aromatic carbocycles. The minimum atomic E-state index is -1.60. The largest absolute Gasteiger partial charge is 0.464 e. The van der Waals surface area contributed by atoms with Crippen LogP contribution < -0.4 is 0 Å². The van der Waals surface area contributed by atoms with E-state index in [-0.39, 0.29) is 18.9 Å². The molecule has 0 aromatic rings. The van der Waals surface area contributed by atoms with E-state index in [9.17, 15) is 14.4 Å². The van der Waals surface area contributed by atoms with Gasteiger partial charge in [-0.3, -0.25) is 14.4 Å². The van der Waals surface area contributed by atoms with Crippen molar-refractivity contribution in [1.29, 1.82) is 0 Å². The maximum absolute atomic E-state index is 11.8. The van der Waals surface area contributed by atoms with Crippen LogP contribution in [0.15, 0.2) is 0 Å². The molecule has 0 saturated heterocycles. The van der Waals surface area contributed by atoms with E-state index in [2.05, 4.69) is 0 Å². The molecule has 0 fully saturated rings. The van der Waals surface area contributed by atoms with E-state index < -0.39 is 23.0 Å². The molecule has 4 heteroatoms. The highest BCUT2D eigenvalue weighted by molar-refractivity contribution is 6.21. The van der Waals surface area contributed by atoms with Crippen molar-refractivity contribution in [1.82, 2.24) is 0 Å². The predicted molar refractivity (Wildman–Crippen MR) is 59.9 cm³/mol. The zero-order chi connectivity index (χ0) is 12.9. The molecule has 0 aliphatic heterocycles. The maximum Gasteiger partial charge on any atom is 0.327 e. The van der Waals surface area contributed by atoms with E-state index >= 15 is 0 Å². The average Bonchev–Trinajstić information content (AvgIpc) is 2.15. The highest BCUT2D eigenvalue weighted by Crippen LogP contribution is 2.26. The third kappa shape index (κ3) is 2.90. The predicted octanol–water partition coefficient (Wildman–Crippen LogP) is 1.76. The maximum atomic E-state index is 11.8. The van der Waals surface area contributed by atoms with Crippen molar-refractivity contribution in [3.05, 3.63) is 0 Å². The standard InChI is InChI=1S/C12H20O4/c1-6-12(9(4)13,10(5)14)11(15)16-7-8(2)3/h8H,6-7H2,1-5H3. The summed E-state index contributed by atoms with van der Waals surface area (Å²) in [7, 11) is 0. The van der Waals surface area contributed by atoms with E-state index in [1.807, 2.05) is 13.8 Å². The zero-order valence-corrected chi connectivity index (χ0v) is 10.6. The van der Waals surface area contributed by atoms with E-state index in [0.29, 0.717) is 0 Å². The summed E-state index contributed by atoms with van der Waals surface area (Å²) in [5, 5.41) is 0. The molecule has 4 nitrogen and oxygen atoms in total. The fourth-order valence-electron chi connectivity index (χ4n) is 1.54. The van der Waals surface area contributed by atoms with Crippen LogP contribution in [0.5, 0.6) is 0 Å². The van der Waals surface area contributed by atoms with Gasteiger partial charge in [0.2, 0.25) is 0 Å². The Kier molecular flexibility index (Phi) is 5.35. The van der Waals surface area contributed by atoms with Gasteiger partial charge < -0.3 is 4.74 Å². The monoisotopic (exact) mass is 228 g/mol. The average molecular weight is 228 g/mol. The van der Waals surface area contributed by atoms with Gasteiger partial charge in [-0.1, -0.05) is 20.8 Å². The minimum absolute atomic E-state index is 0.147. The highest BCUT2D eigenvalue weighted by Gasteiger charge is 2.47. The first-order valence-corrected chi connectivity index (χ1v) is 5.48. The van der Waals surface area contributed by atoms with Crippen LogP contribution in [-0.4, -0.2) is 24.1 Å². The van der Waals surface area contributed by atoms with Gasteiger partial charge in [-0.15, -0.1) is 0 Å². The second-order valence-electron chi connectivity index (χ2n) is 4.36. The molecule has 0 aliphatic carbocycles. The summed E-state index contributed by atoms with van der Waals surface area (Å²) < 4.78 is 5.00. The highest BCUT2D eigenvalue weighted by atomic mass is 16.5. The van der Waals surface area contributed by atoms with Crippen molar-refractivity contribution < 1.29 is 19.1 Å². The molecule has 0 N–H and O–H groups in total. The first-order valence-electron chi connectivity index (χ1n) is 5.48. The lowest BCUT2D eigenvalue weighted by Crippen LogP contribution is -2.45. The molecule has 0 unspecified atom stereocenters. The lowest BCUT2D eigenvalue weighted by Gasteiger charge is -2.25. The van der Waals surface area contributed by atoms with Crippen LogP contribution >= 0.6 is 0 Å². The molecule has 0 aromatic heterocycles. The first-order chi connectivity index (χ1) is 7.28. The molecular formula is C12H20O4. The van der Waals surface area contributed by atoms with Gasteiger partial charge in [-0.2, -0.15) is 0 Å². The van der Waals surface area contributed by atoms with Gasteiger partial charge in [0.1, 0.15) is 0 Å². The van der Waals surface area contributed by atoms with Crippen LogP contribution in [0.4, 0.5) is 0 Å². The summed E-state index contributed by atoms with van der Waals surface area (Å²) in [6.45, 7) is 8.15. The molecule has 0 bridgehead atoms. The molecule has 16 heavy (non-hydrogen) atoms. The van der Waals surface area contributed by atoms with Gasteiger partial charge >= 0.3 is 5.97 Å². The summed E-state index contributed by atoms with van der Waals surface area (Å²) in [6, 6.07) is 0. The molecule has 0 radical (unpaired) electrons. The Bertz CT molecular complexity index is 277. The second kappa shape index (κ2) is 5.77. The van der Waals surface area contributed by atoms with Crippen molar-refractivity contribution in [2.45, 2.75) is 41.0 Å². The van der Waals surface area contributed by atoms with Gasteiger partial charge in [-0.25, -0.2) is 0 Å². The van der Waals surface area contributed by atoms with Crippen molar-refractivity contribution in [3.8, 4) is 0 Å².